The molecule has 0 amide bonds. The summed E-state index contributed by atoms with van der Waals surface area (Å²) >= 11 is 0. The molecule has 4 rings (SSSR count). The smallest absolute Gasteiger partial charge is 0.140 e. The van der Waals surface area contributed by atoms with E-state index in [-0.39, 0.29) is 5.82 Å². The molecule has 1 atom stereocenters. The molecule has 0 bridgehead atoms. The van der Waals surface area contributed by atoms with Crippen molar-refractivity contribution < 1.29 is 4.39 Å². The van der Waals surface area contributed by atoms with Crippen LogP contribution in [0.1, 0.15) is 30.1 Å². The minimum Gasteiger partial charge on any atom is -0.324 e. The maximum absolute atomic E-state index is 13.2. The lowest BCUT2D eigenvalue weighted by Crippen LogP contribution is -2.20. The molecule has 0 aliphatic carbocycles. The molecule has 3 heterocycles. The second-order valence-corrected chi connectivity index (χ2v) is 6.34. The molecule has 4 heteroatoms. The van der Waals surface area contributed by atoms with Crippen LogP contribution in [0.4, 0.5) is 4.39 Å². The Balaban J connectivity index is 1.80. The quantitative estimate of drug-likeness (QED) is 0.729. The van der Waals surface area contributed by atoms with Crippen molar-refractivity contribution >= 4 is 11.0 Å². The highest BCUT2D eigenvalue weighted by Gasteiger charge is 2.26. The number of aromatic nitrogens is 2. The summed E-state index contributed by atoms with van der Waals surface area (Å²) in [6.45, 7) is 1.86. The molecule has 1 aliphatic heterocycles. The third kappa shape index (κ3) is 2.63. The van der Waals surface area contributed by atoms with Gasteiger partial charge in [0.15, 0.2) is 0 Å². The molecule has 1 aliphatic rings. The zero-order chi connectivity index (χ0) is 15.8. The number of hydrogen-bond donors (Lipinski definition) is 0. The molecule has 0 saturated carbocycles. The van der Waals surface area contributed by atoms with E-state index < -0.39 is 0 Å². The Bertz CT molecular complexity index is 822. The molecule has 118 valence electrons. The number of pyridine rings is 1. The van der Waals surface area contributed by atoms with E-state index in [1.165, 1.54) is 36.1 Å². The Morgan fingerprint density at radius 2 is 2.04 bits per heavy atom. The van der Waals surface area contributed by atoms with Crippen LogP contribution < -0.4 is 0 Å². The number of benzene rings is 1. The van der Waals surface area contributed by atoms with Crippen molar-refractivity contribution in [2.75, 3.05) is 13.6 Å². The van der Waals surface area contributed by atoms with Crippen molar-refractivity contribution in [3.8, 4) is 0 Å². The molecule has 1 fully saturated rings. The first-order valence-electron chi connectivity index (χ1n) is 8.11. The van der Waals surface area contributed by atoms with Crippen LogP contribution in [0.25, 0.3) is 11.0 Å². The van der Waals surface area contributed by atoms with E-state index in [1.54, 1.807) is 0 Å². The topological polar surface area (TPSA) is 21.1 Å². The van der Waals surface area contributed by atoms with Crippen LogP contribution in [0.15, 0.2) is 48.7 Å². The molecule has 1 saturated heterocycles. The molecule has 0 unspecified atom stereocenters. The van der Waals surface area contributed by atoms with Crippen LogP contribution in [0.2, 0.25) is 0 Å². The highest BCUT2D eigenvalue weighted by molar-refractivity contribution is 5.77. The third-order valence-corrected chi connectivity index (χ3v) is 4.80. The first-order valence-corrected chi connectivity index (χ1v) is 8.11. The van der Waals surface area contributed by atoms with Crippen LogP contribution in [0.5, 0.6) is 0 Å². The van der Waals surface area contributed by atoms with Gasteiger partial charge in [0.25, 0.3) is 0 Å². The van der Waals surface area contributed by atoms with E-state index in [9.17, 15) is 4.39 Å². The average molecular weight is 309 g/mol. The van der Waals surface area contributed by atoms with Gasteiger partial charge in [-0.25, -0.2) is 9.37 Å². The van der Waals surface area contributed by atoms with Gasteiger partial charge in [-0.1, -0.05) is 12.1 Å². The van der Waals surface area contributed by atoms with Gasteiger partial charge in [-0.05, 0) is 62.3 Å². The molecular weight excluding hydrogens is 289 g/mol. The number of halogens is 1. The minimum absolute atomic E-state index is 0.194. The Kier molecular flexibility index (Phi) is 3.62. The van der Waals surface area contributed by atoms with Crippen molar-refractivity contribution in [3.63, 3.8) is 0 Å². The highest BCUT2D eigenvalue weighted by Crippen LogP contribution is 2.34. The lowest BCUT2D eigenvalue weighted by Gasteiger charge is -2.22. The summed E-state index contributed by atoms with van der Waals surface area (Å²) in [5.41, 5.74) is 3.41. The van der Waals surface area contributed by atoms with Crippen molar-refractivity contribution in [1.29, 1.82) is 0 Å². The molecular formula is C19H20FN3. The van der Waals surface area contributed by atoms with Gasteiger partial charge in [-0.15, -0.1) is 0 Å². The van der Waals surface area contributed by atoms with Crippen molar-refractivity contribution in [2.45, 2.75) is 25.4 Å². The van der Waals surface area contributed by atoms with Crippen molar-refractivity contribution in [1.82, 2.24) is 14.5 Å². The van der Waals surface area contributed by atoms with Gasteiger partial charge in [0, 0.05) is 29.9 Å². The van der Waals surface area contributed by atoms with Crippen molar-refractivity contribution in [2.24, 2.45) is 0 Å². The summed E-state index contributed by atoms with van der Waals surface area (Å²) in [6, 6.07) is 13.5. The Labute approximate surface area is 135 Å². The maximum atomic E-state index is 13.2. The molecule has 3 nitrogen and oxygen atoms in total. The largest absolute Gasteiger partial charge is 0.324 e. The third-order valence-electron chi connectivity index (χ3n) is 4.80. The summed E-state index contributed by atoms with van der Waals surface area (Å²) in [5.74, 6) is -0.194. The molecule has 0 spiro atoms. The van der Waals surface area contributed by atoms with E-state index in [1.807, 2.05) is 24.4 Å². The fourth-order valence-electron chi connectivity index (χ4n) is 3.61. The Morgan fingerprint density at radius 1 is 1.22 bits per heavy atom. The minimum atomic E-state index is -0.194. The molecule has 3 aromatic rings. The Hall–Kier alpha value is -2.20. The van der Waals surface area contributed by atoms with Crippen LogP contribution in [-0.4, -0.2) is 28.0 Å². The standard InChI is InChI=1S/C19H20FN3/c1-22-11-3-5-17(22)18-12-15-4-2-10-21-19(15)23(18)13-14-6-8-16(20)9-7-14/h2,4,6-10,12,17H,3,5,11,13H2,1H3/t17-/m1/s1. The van der Waals surface area contributed by atoms with E-state index in [2.05, 4.69) is 33.6 Å². The number of hydrogen-bond acceptors (Lipinski definition) is 2. The lowest BCUT2D eigenvalue weighted by atomic mass is 10.1. The molecule has 0 N–H and O–H groups in total. The Morgan fingerprint density at radius 3 is 2.78 bits per heavy atom. The number of fused-ring (bicyclic) bond motifs is 1. The fraction of sp³-hybridized carbons (Fsp3) is 0.316. The van der Waals surface area contributed by atoms with E-state index in [4.69, 9.17) is 0 Å². The number of nitrogens with zero attached hydrogens (tertiary/aromatic N) is 3. The summed E-state index contributed by atoms with van der Waals surface area (Å²) in [7, 11) is 2.19. The second-order valence-electron chi connectivity index (χ2n) is 6.34. The highest BCUT2D eigenvalue weighted by atomic mass is 19.1. The number of rotatable bonds is 3. The van der Waals surface area contributed by atoms with Gasteiger partial charge in [0.2, 0.25) is 0 Å². The van der Waals surface area contributed by atoms with Gasteiger partial charge in [-0.3, -0.25) is 4.90 Å². The van der Waals surface area contributed by atoms with Crippen LogP contribution in [-0.2, 0) is 6.54 Å². The molecule has 23 heavy (non-hydrogen) atoms. The lowest BCUT2D eigenvalue weighted by molar-refractivity contribution is 0.306. The monoisotopic (exact) mass is 309 g/mol. The van der Waals surface area contributed by atoms with Crippen LogP contribution in [0, 0.1) is 5.82 Å². The maximum Gasteiger partial charge on any atom is 0.140 e. The normalized spacial score (nSPS) is 18.8. The summed E-state index contributed by atoms with van der Waals surface area (Å²) < 4.78 is 15.5. The van der Waals surface area contributed by atoms with Gasteiger partial charge in [0.1, 0.15) is 11.5 Å². The fourth-order valence-corrected chi connectivity index (χ4v) is 3.61. The van der Waals surface area contributed by atoms with E-state index >= 15 is 0 Å². The first-order chi connectivity index (χ1) is 11.2. The van der Waals surface area contributed by atoms with E-state index in [0.29, 0.717) is 6.04 Å². The summed E-state index contributed by atoms with van der Waals surface area (Å²) in [4.78, 5) is 6.99. The number of likely N-dealkylation sites (tertiary alicyclic amines) is 1. The van der Waals surface area contributed by atoms with Gasteiger partial charge in [-0.2, -0.15) is 0 Å². The predicted molar refractivity (Wildman–Crippen MR) is 89.8 cm³/mol. The van der Waals surface area contributed by atoms with Gasteiger partial charge >= 0.3 is 0 Å². The zero-order valence-electron chi connectivity index (χ0n) is 13.2. The zero-order valence-corrected chi connectivity index (χ0v) is 13.2. The summed E-state index contributed by atoms with van der Waals surface area (Å²) in [5, 5.41) is 1.17. The van der Waals surface area contributed by atoms with Crippen LogP contribution >= 0.6 is 0 Å². The molecule has 2 aromatic heterocycles. The van der Waals surface area contributed by atoms with E-state index in [0.717, 1.165) is 24.3 Å². The summed E-state index contributed by atoms with van der Waals surface area (Å²) in [6.07, 6.45) is 4.24. The SMILES string of the molecule is CN1CCC[C@@H]1c1cc2cccnc2n1Cc1ccc(F)cc1. The van der Waals surface area contributed by atoms with Crippen LogP contribution in [0.3, 0.4) is 0 Å². The molecule has 0 radical (unpaired) electrons. The first kappa shape index (κ1) is 14.4. The molecule has 1 aromatic carbocycles. The second kappa shape index (κ2) is 5.78. The van der Waals surface area contributed by atoms with Crippen molar-refractivity contribution in [3.05, 3.63) is 65.7 Å². The predicted octanol–water partition coefficient (Wildman–Crippen LogP) is 3.99. The van der Waals surface area contributed by atoms with Gasteiger partial charge in [0.05, 0.1) is 0 Å². The average Bonchev–Trinajstić information content (AvgIpc) is 3.13. The van der Waals surface area contributed by atoms with Gasteiger partial charge < -0.3 is 4.57 Å².